The lowest BCUT2D eigenvalue weighted by Crippen LogP contribution is -2.18. The molecule has 4 rings (SSSR count). The van der Waals surface area contributed by atoms with Crippen LogP contribution in [0.2, 0.25) is 0 Å². The molecule has 2 aromatic carbocycles. The predicted octanol–water partition coefficient (Wildman–Crippen LogP) is 3.26. The quantitative estimate of drug-likeness (QED) is 0.575. The Morgan fingerprint density at radius 3 is 2.68 bits per heavy atom. The normalized spacial score (nSPS) is 11.0. The van der Waals surface area contributed by atoms with Gasteiger partial charge in [-0.15, -0.1) is 0 Å². The van der Waals surface area contributed by atoms with Gasteiger partial charge in [0.05, 0.1) is 12.7 Å². The number of hydrogen-bond donors (Lipinski definition) is 0. The molecule has 0 aliphatic heterocycles. The Kier molecular flexibility index (Phi) is 3.57. The molecular weight excluding hydrogens is 318 g/mol. The summed E-state index contributed by atoms with van der Waals surface area (Å²) in [4.78, 5) is 17.0. The van der Waals surface area contributed by atoms with Gasteiger partial charge >= 0.3 is 0 Å². The van der Waals surface area contributed by atoms with E-state index < -0.39 is 0 Å². The van der Waals surface area contributed by atoms with Crippen molar-refractivity contribution in [1.82, 2.24) is 14.7 Å². The van der Waals surface area contributed by atoms with Crippen LogP contribution in [-0.4, -0.2) is 21.8 Å². The largest absolute Gasteiger partial charge is 0.496 e. The number of fused-ring (bicyclic) bond motifs is 1. The van der Waals surface area contributed by atoms with E-state index in [-0.39, 0.29) is 11.4 Å². The summed E-state index contributed by atoms with van der Waals surface area (Å²) in [5.41, 5.74) is 1.19. The first-order valence-electron chi connectivity index (χ1n) is 7.75. The van der Waals surface area contributed by atoms with E-state index in [0.717, 1.165) is 10.9 Å². The molecule has 0 aliphatic carbocycles. The van der Waals surface area contributed by atoms with Crippen molar-refractivity contribution in [1.29, 1.82) is 0 Å². The Bertz CT molecular complexity index is 1130. The van der Waals surface area contributed by atoms with Gasteiger partial charge in [-0.25, -0.2) is 0 Å². The summed E-state index contributed by atoms with van der Waals surface area (Å²) in [5.74, 6) is 1.35. The number of aromatic nitrogens is 3. The average Bonchev–Trinajstić information content (AvgIpc) is 3.14. The standard InChI is InChI=1S/C19H15N3O3/c1-22-15(11-12-7-3-4-8-13(12)19(22)23)18-20-17(21-25-18)14-9-5-6-10-16(14)24-2/h3-11H,1-2H3. The molecule has 0 radical (unpaired) electrons. The van der Waals surface area contributed by atoms with Crippen molar-refractivity contribution in [3.63, 3.8) is 0 Å². The van der Waals surface area contributed by atoms with E-state index in [9.17, 15) is 4.79 Å². The van der Waals surface area contributed by atoms with Crippen LogP contribution < -0.4 is 10.3 Å². The Hall–Kier alpha value is -3.41. The van der Waals surface area contributed by atoms with Gasteiger partial charge in [0, 0.05) is 12.4 Å². The fraction of sp³-hybridized carbons (Fsp3) is 0.105. The third-order valence-corrected chi connectivity index (χ3v) is 4.14. The second kappa shape index (κ2) is 5.90. The van der Waals surface area contributed by atoms with Crippen molar-refractivity contribution in [2.75, 3.05) is 7.11 Å². The van der Waals surface area contributed by atoms with Crippen molar-refractivity contribution in [3.8, 4) is 28.7 Å². The molecule has 0 bridgehead atoms. The van der Waals surface area contributed by atoms with Crippen LogP contribution in [0.15, 0.2) is 63.9 Å². The highest BCUT2D eigenvalue weighted by atomic mass is 16.5. The summed E-state index contributed by atoms with van der Waals surface area (Å²) in [6.07, 6.45) is 0. The van der Waals surface area contributed by atoms with Gasteiger partial charge in [-0.05, 0) is 29.7 Å². The summed E-state index contributed by atoms with van der Waals surface area (Å²) >= 11 is 0. The SMILES string of the molecule is COc1ccccc1-c1noc(-c2cc3ccccc3c(=O)n2C)n1. The van der Waals surface area contributed by atoms with Crippen molar-refractivity contribution in [2.45, 2.75) is 0 Å². The van der Waals surface area contributed by atoms with Gasteiger partial charge in [0.1, 0.15) is 11.4 Å². The molecule has 0 fully saturated rings. The van der Waals surface area contributed by atoms with Gasteiger partial charge in [0.25, 0.3) is 11.4 Å². The summed E-state index contributed by atoms with van der Waals surface area (Å²) in [5, 5.41) is 5.52. The Labute approximate surface area is 143 Å². The molecule has 0 saturated heterocycles. The highest BCUT2D eigenvalue weighted by Crippen LogP contribution is 2.29. The maximum atomic E-state index is 12.6. The molecule has 6 heteroatoms. The lowest BCUT2D eigenvalue weighted by Gasteiger charge is -2.06. The summed E-state index contributed by atoms with van der Waals surface area (Å²) in [7, 11) is 3.28. The Morgan fingerprint density at radius 2 is 1.84 bits per heavy atom. The third-order valence-electron chi connectivity index (χ3n) is 4.14. The van der Waals surface area contributed by atoms with E-state index in [4.69, 9.17) is 9.26 Å². The molecule has 0 aliphatic rings. The van der Waals surface area contributed by atoms with E-state index in [1.165, 1.54) is 4.57 Å². The smallest absolute Gasteiger partial charge is 0.274 e. The first kappa shape index (κ1) is 15.1. The summed E-state index contributed by atoms with van der Waals surface area (Å²) in [6, 6.07) is 16.7. The van der Waals surface area contributed by atoms with Crippen LogP contribution in [0, 0.1) is 0 Å². The Morgan fingerprint density at radius 1 is 1.08 bits per heavy atom. The first-order valence-corrected chi connectivity index (χ1v) is 7.75. The van der Waals surface area contributed by atoms with E-state index in [1.807, 2.05) is 48.5 Å². The topological polar surface area (TPSA) is 70.2 Å². The van der Waals surface area contributed by atoms with Gasteiger partial charge in [0.2, 0.25) is 5.82 Å². The minimum atomic E-state index is -0.106. The fourth-order valence-corrected chi connectivity index (χ4v) is 2.82. The third kappa shape index (κ3) is 2.48. The molecule has 0 saturated carbocycles. The van der Waals surface area contributed by atoms with Crippen LogP contribution in [0.5, 0.6) is 5.75 Å². The molecular formula is C19H15N3O3. The summed E-state index contributed by atoms with van der Waals surface area (Å²) < 4.78 is 12.3. The van der Waals surface area contributed by atoms with Gasteiger partial charge in [0.15, 0.2) is 0 Å². The van der Waals surface area contributed by atoms with E-state index in [2.05, 4.69) is 10.1 Å². The molecule has 2 aromatic heterocycles. The fourth-order valence-electron chi connectivity index (χ4n) is 2.82. The zero-order chi connectivity index (χ0) is 17.4. The zero-order valence-electron chi connectivity index (χ0n) is 13.8. The number of nitrogens with zero attached hydrogens (tertiary/aromatic N) is 3. The Balaban J connectivity index is 1.87. The highest BCUT2D eigenvalue weighted by molar-refractivity contribution is 5.84. The monoisotopic (exact) mass is 333 g/mol. The first-order chi connectivity index (χ1) is 12.2. The molecule has 0 unspecified atom stereocenters. The second-order valence-corrected chi connectivity index (χ2v) is 5.60. The molecule has 124 valence electrons. The minimum Gasteiger partial charge on any atom is -0.496 e. The van der Waals surface area contributed by atoms with Crippen LogP contribution in [0.1, 0.15) is 0 Å². The van der Waals surface area contributed by atoms with Crippen LogP contribution in [0.3, 0.4) is 0 Å². The highest BCUT2D eigenvalue weighted by Gasteiger charge is 2.17. The van der Waals surface area contributed by atoms with Crippen LogP contribution >= 0.6 is 0 Å². The molecule has 6 nitrogen and oxygen atoms in total. The van der Waals surface area contributed by atoms with Crippen LogP contribution in [0.4, 0.5) is 0 Å². The number of para-hydroxylation sites is 1. The molecule has 0 N–H and O–H groups in total. The van der Waals surface area contributed by atoms with Crippen molar-refractivity contribution in [3.05, 3.63) is 65.0 Å². The van der Waals surface area contributed by atoms with Crippen LogP contribution in [-0.2, 0) is 7.05 Å². The number of benzene rings is 2. The van der Waals surface area contributed by atoms with Crippen molar-refractivity contribution < 1.29 is 9.26 Å². The molecule has 4 aromatic rings. The van der Waals surface area contributed by atoms with Gasteiger partial charge in [-0.2, -0.15) is 4.98 Å². The van der Waals surface area contributed by atoms with Gasteiger partial charge in [-0.3, -0.25) is 4.79 Å². The average molecular weight is 333 g/mol. The summed E-state index contributed by atoms with van der Waals surface area (Å²) in [6.45, 7) is 0. The molecule has 25 heavy (non-hydrogen) atoms. The number of rotatable bonds is 3. The van der Waals surface area contributed by atoms with Gasteiger partial charge < -0.3 is 13.8 Å². The number of ether oxygens (including phenoxy) is 1. The van der Waals surface area contributed by atoms with E-state index in [1.54, 1.807) is 20.2 Å². The maximum absolute atomic E-state index is 12.6. The molecule has 2 heterocycles. The molecule has 0 amide bonds. The van der Waals surface area contributed by atoms with Crippen molar-refractivity contribution in [2.24, 2.45) is 7.05 Å². The maximum Gasteiger partial charge on any atom is 0.274 e. The minimum absolute atomic E-state index is 0.106. The van der Waals surface area contributed by atoms with Gasteiger partial charge in [-0.1, -0.05) is 35.5 Å². The van der Waals surface area contributed by atoms with E-state index in [0.29, 0.717) is 22.7 Å². The van der Waals surface area contributed by atoms with E-state index >= 15 is 0 Å². The lowest BCUT2D eigenvalue weighted by molar-refractivity contribution is 0.413. The lowest BCUT2D eigenvalue weighted by atomic mass is 10.1. The number of hydrogen-bond acceptors (Lipinski definition) is 5. The number of pyridine rings is 1. The predicted molar refractivity (Wildman–Crippen MR) is 94.5 cm³/mol. The molecule has 0 spiro atoms. The number of methoxy groups -OCH3 is 1. The molecule has 0 atom stereocenters. The second-order valence-electron chi connectivity index (χ2n) is 5.60. The zero-order valence-corrected chi connectivity index (χ0v) is 13.8. The van der Waals surface area contributed by atoms with Crippen molar-refractivity contribution >= 4 is 10.8 Å². The van der Waals surface area contributed by atoms with Crippen LogP contribution in [0.25, 0.3) is 33.7 Å².